The van der Waals surface area contributed by atoms with Gasteiger partial charge in [0.05, 0.1) is 22.3 Å². The molecule has 0 radical (unpaired) electrons. The number of halogens is 14. The second-order valence-corrected chi connectivity index (χ2v) is 15.0. The Morgan fingerprint density at radius 1 is 0.466 bits per heavy atom. The van der Waals surface area contributed by atoms with Crippen molar-refractivity contribution >= 4 is 29.1 Å². The van der Waals surface area contributed by atoms with Crippen molar-refractivity contribution in [2.24, 2.45) is 0 Å². The predicted octanol–water partition coefficient (Wildman–Crippen LogP) is 10.3. The largest absolute Gasteiger partial charge is 0.445 e. The van der Waals surface area contributed by atoms with E-state index in [4.69, 9.17) is 0 Å². The third-order valence-electron chi connectivity index (χ3n) is 9.26. The normalized spacial score (nSPS) is 14.3. The predicted molar refractivity (Wildman–Crippen MR) is 173 cm³/mol. The quantitative estimate of drug-likeness (QED) is 0.0869. The highest BCUT2D eigenvalue weighted by atomic mass is 19.2. The number of nitrogens with zero attached hydrogens (tertiary/aromatic N) is 2. The van der Waals surface area contributed by atoms with E-state index in [1.54, 1.807) is 0 Å². The van der Waals surface area contributed by atoms with E-state index < -0.39 is 183 Å². The van der Waals surface area contributed by atoms with E-state index in [0.29, 0.717) is 0 Å². The summed E-state index contributed by atoms with van der Waals surface area (Å²) in [5, 5.41) is 0. The minimum absolute atomic E-state index is 0.535. The van der Waals surface area contributed by atoms with Crippen LogP contribution in [0.4, 0.5) is 67.2 Å². The van der Waals surface area contributed by atoms with Crippen molar-refractivity contribution in [3.8, 4) is 11.5 Å². The van der Waals surface area contributed by atoms with Gasteiger partial charge in [-0.1, -0.05) is 27.4 Å². The van der Waals surface area contributed by atoms with Gasteiger partial charge in [-0.15, -0.1) is 0 Å². The number of fused-ring (bicyclic) bond motifs is 2. The maximum atomic E-state index is 15.9. The van der Waals surface area contributed by atoms with Gasteiger partial charge in [-0.05, 0) is 26.2 Å². The monoisotopic (exact) mass is 836 g/mol. The molecule has 4 aromatic carbocycles. The molecule has 0 spiro atoms. The number of rotatable bonds is 5. The minimum Gasteiger partial charge on any atom is -0.445 e. The third-order valence-corrected chi connectivity index (χ3v) is 9.26. The number of ether oxygens (including phenoxy) is 1. The Morgan fingerprint density at radius 2 is 0.879 bits per heavy atom. The summed E-state index contributed by atoms with van der Waals surface area (Å²) in [5.41, 5.74) is -16.7. The van der Waals surface area contributed by atoms with Gasteiger partial charge in [0.2, 0.25) is 29.0 Å². The fourth-order valence-corrected chi connectivity index (χ4v) is 6.70. The molecular weight excluding hydrogens is 814 g/mol. The fraction of sp³-hybridized carbons (Fsp3) is 0.237. The number of hydrogen-bond acceptors (Lipinski definition) is 4. The Morgan fingerprint density at radius 3 is 1.38 bits per heavy atom. The summed E-state index contributed by atoms with van der Waals surface area (Å²) in [6, 6.07) is 0. The van der Waals surface area contributed by atoms with Crippen LogP contribution < -0.4 is 9.64 Å². The first-order chi connectivity index (χ1) is 26.6. The number of carbonyl (C=O) groups is 3. The van der Waals surface area contributed by atoms with E-state index in [-0.39, 0.29) is 0 Å². The SMILES string of the molecule is C=C1c2c(F)c(F)c(Oc3c(F)c(F)c(Cc4c(F)c(F)c5c(c4F)C(=O)N(c4c(F)c(F)c(F)c(C(C)(C)C)c4F)C5=O)c(F)c3F)c(F)c2C(=O)N1C(C)(C)C. The molecule has 0 atom stereocenters. The molecule has 4 aromatic rings. The lowest BCUT2D eigenvalue weighted by molar-refractivity contribution is 0.0744. The Balaban J connectivity index is 1.45. The van der Waals surface area contributed by atoms with Crippen LogP contribution in [-0.4, -0.2) is 28.2 Å². The van der Waals surface area contributed by atoms with E-state index in [0.717, 1.165) is 25.7 Å². The van der Waals surface area contributed by atoms with Crippen molar-refractivity contribution in [3.05, 3.63) is 127 Å². The lowest BCUT2D eigenvalue weighted by Gasteiger charge is -2.32. The van der Waals surface area contributed by atoms with Gasteiger partial charge in [-0.25, -0.2) is 53.2 Å². The number of imide groups is 1. The summed E-state index contributed by atoms with van der Waals surface area (Å²) in [6.07, 6.45) is -2.08. The van der Waals surface area contributed by atoms with Crippen LogP contribution >= 0.6 is 0 Å². The second-order valence-electron chi connectivity index (χ2n) is 15.0. The molecule has 58 heavy (non-hydrogen) atoms. The van der Waals surface area contributed by atoms with E-state index >= 15 is 52.7 Å². The molecule has 2 aliphatic rings. The topological polar surface area (TPSA) is 66.9 Å². The van der Waals surface area contributed by atoms with E-state index in [9.17, 15) is 23.2 Å². The molecule has 306 valence electrons. The van der Waals surface area contributed by atoms with Crippen LogP contribution in [-0.2, 0) is 11.8 Å². The molecule has 0 aromatic heterocycles. The van der Waals surface area contributed by atoms with Crippen LogP contribution in [0.5, 0.6) is 11.5 Å². The smallest absolute Gasteiger partial charge is 0.269 e. The van der Waals surface area contributed by atoms with Crippen LogP contribution in [0.1, 0.15) is 94.9 Å². The molecule has 20 heteroatoms. The second kappa shape index (κ2) is 13.3. The van der Waals surface area contributed by atoms with Crippen LogP contribution in [0.15, 0.2) is 6.58 Å². The zero-order chi connectivity index (χ0) is 43.7. The molecule has 0 saturated carbocycles. The highest BCUT2D eigenvalue weighted by Crippen LogP contribution is 2.47. The molecule has 0 bridgehead atoms. The van der Waals surface area contributed by atoms with Gasteiger partial charge in [-0.3, -0.25) is 14.4 Å². The first-order valence-corrected chi connectivity index (χ1v) is 16.3. The average molecular weight is 837 g/mol. The maximum absolute atomic E-state index is 15.9. The molecular formula is C38H22F14N2O4. The molecule has 0 fully saturated rings. The number of hydrogen-bond donors (Lipinski definition) is 0. The highest BCUT2D eigenvalue weighted by molar-refractivity contribution is 6.34. The molecule has 3 amide bonds. The number of amides is 3. The molecule has 6 nitrogen and oxygen atoms in total. The molecule has 6 rings (SSSR count). The lowest BCUT2D eigenvalue weighted by Crippen LogP contribution is -2.40. The Kier molecular flexibility index (Phi) is 9.56. The van der Waals surface area contributed by atoms with E-state index in [1.807, 2.05) is 0 Å². The Labute approximate surface area is 316 Å². The molecule has 0 N–H and O–H groups in total. The van der Waals surface area contributed by atoms with Gasteiger partial charge in [0.1, 0.15) is 11.5 Å². The zero-order valence-electron chi connectivity index (χ0n) is 30.2. The summed E-state index contributed by atoms with van der Waals surface area (Å²) < 4.78 is 219. The average Bonchev–Trinajstić information content (AvgIpc) is 3.54. The molecule has 2 heterocycles. The fourth-order valence-electron chi connectivity index (χ4n) is 6.70. The Hall–Kier alpha value is -5.95. The number of benzene rings is 4. The molecule has 0 unspecified atom stereocenters. The number of carbonyl (C=O) groups excluding carboxylic acids is 3. The van der Waals surface area contributed by atoms with Crippen LogP contribution in [0.25, 0.3) is 5.70 Å². The van der Waals surface area contributed by atoms with Gasteiger partial charge < -0.3 is 9.64 Å². The zero-order valence-corrected chi connectivity index (χ0v) is 30.2. The van der Waals surface area contributed by atoms with Gasteiger partial charge >= 0.3 is 0 Å². The van der Waals surface area contributed by atoms with Gasteiger partial charge in [0.15, 0.2) is 58.2 Å². The summed E-state index contributed by atoms with van der Waals surface area (Å²) in [5.74, 6) is -43.9. The maximum Gasteiger partial charge on any atom is 0.269 e. The van der Waals surface area contributed by atoms with Crippen LogP contribution in [0.2, 0.25) is 0 Å². The minimum atomic E-state index is -2.69. The lowest BCUT2D eigenvalue weighted by atomic mass is 9.85. The molecule has 0 saturated heterocycles. The van der Waals surface area contributed by atoms with Crippen molar-refractivity contribution in [2.75, 3.05) is 4.90 Å². The van der Waals surface area contributed by atoms with Crippen LogP contribution in [0.3, 0.4) is 0 Å². The van der Waals surface area contributed by atoms with E-state index in [2.05, 4.69) is 11.3 Å². The first kappa shape index (κ1) is 41.7. The van der Waals surface area contributed by atoms with Crippen LogP contribution in [0, 0.1) is 81.4 Å². The first-order valence-electron chi connectivity index (χ1n) is 16.3. The van der Waals surface area contributed by atoms with Crippen molar-refractivity contribution in [1.82, 2.24) is 4.90 Å². The van der Waals surface area contributed by atoms with Gasteiger partial charge in [0, 0.05) is 34.3 Å². The molecule has 0 aliphatic carbocycles. The highest BCUT2D eigenvalue weighted by Gasteiger charge is 2.49. The Bertz CT molecular complexity index is 2600. The summed E-state index contributed by atoms with van der Waals surface area (Å²) >= 11 is 0. The number of anilines is 1. The van der Waals surface area contributed by atoms with Crippen molar-refractivity contribution in [1.29, 1.82) is 0 Å². The summed E-state index contributed by atoms with van der Waals surface area (Å²) in [4.78, 5) is 39.5. The molecule has 2 aliphatic heterocycles. The van der Waals surface area contributed by atoms with Crippen molar-refractivity contribution in [3.63, 3.8) is 0 Å². The van der Waals surface area contributed by atoms with Crippen molar-refractivity contribution in [2.45, 2.75) is 58.9 Å². The summed E-state index contributed by atoms with van der Waals surface area (Å²) in [6.45, 7) is 10.9. The van der Waals surface area contributed by atoms with Crippen molar-refractivity contribution < 1.29 is 80.6 Å². The third kappa shape index (κ3) is 5.65. The van der Waals surface area contributed by atoms with Gasteiger partial charge in [0.25, 0.3) is 17.7 Å². The standard InChI is InChI=1S/C38H22F14N2O4/c1-9-12-13(36(57)54(9)38(5,6)7)23(45)32(30(52)21(12)43)58-33-28(50)19(41)11(20(42)29(33)51)8-10-17(39)14-15(22(44)18(10)40)35(56)53(34(14)55)31-25(47)16(37(2,3)4)24(46)26(48)27(31)49/h1,8H2,2-7H3. The van der Waals surface area contributed by atoms with Gasteiger partial charge in [-0.2, -0.15) is 13.2 Å². The summed E-state index contributed by atoms with van der Waals surface area (Å²) in [7, 11) is 0. The van der Waals surface area contributed by atoms with E-state index in [1.165, 1.54) is 20.8 Å².